The maximum Gasteiger partial charge on any atom is 0.326 e. The summed E-state index contributed by atoms with van der Waals surface area (Å²) in [6, 6.07) is 6.39. The molecule has 2 rings (SSSR count). The molecule has 1 aromatic rings. The van der Waals surface area contributed by atoms with Crippen LogP contribution in [0.1, 0.15) is 13.8 Å². The van der Waals surface area contributed by atoms with Crippen molar-refractivity contribution in [2.24, 2.45) is 5.92 Å². The first-order valence-electron chi connectivity index (χ1n) is 6.51. The third kappa shape index (κ3) is 3.01. The third-order valence-electron chi connectivity index (χ3n) is 3.16. The van der Waals surface area contributed by atoms with E-state index in [0.717, 1.165) is 5.69 Å². The minimum absolute atomic E-state index is 0.194. The zero-order valence-corrected chi connectivity index (χ0v) is 11.4. The molecule has 0 saturated heterocycles. The molecular weight excluding hydrogens is 260 g/mol. The number of carbonyl (C=O) groups excluding carboxylic acids is 1. The fourth-order valence-corrected chi connectivity index (χ4v) is 2.02. The number of carboxylic acids is 1. The van der Waals surface area contributed by atoms with Crippen molar-refractivity contribution < 1.29 is 19.4 Å². The lowest BCUT2D eigenvalue weighted by Gasteiger charge is -2.28. The van der Waals surface area contributed by atoms with Gasteiger partial charge in [-0.2, -0.15) is 0 Å². The maximum atomic E-state index is 12.1. The molecule has 1 aliphatic heterocycles. The first kappa shape index (κ1) is 14.2. The van der Waals surface area contributed by atoms with E-state index < -0.39 is 24.0 Å². The van der Waals surface area contributed by atoms with Crippen molar-refractivity contribution in [1.29, 1.82) is 0 Å². The number of benzene rings is 1. The van der Waals surface area contributed by atoms with Crippen LogP contribution in [0.2, 0.25) is 0 Å². The van der Waals surface area contributed by atoms with Crippen molar-refractivity contribution in [3.05, 3.63) is 24.3 Å². The van der Waals surface area contributed by atoms with E-state index in [4.69, 9.17) is 9.84 Å². The highest BCUT2D eigenvalue weighted by molar-refractivity contribution is 5.87. The Hall–Kier alpha value is -2.24. The second kappa shape index (κ2) is 5.81. The molecular formula is C14H18N2O4. The lowest BCUT2D eigenvalue weighted by Crippen LogP contribution is -2.52. The number of nitrogens with one attached hydrogen (secondary N) is 2. The first-order valence-corrected chi connectivity index (χ1v) is 6.51. The number of anilines is 1. The lowest BCUT2D eigenvalue weighted by molar-refractivity contribution is -0.144. The van der Waals surface area contributed by atoms with Gasteiger partial charge in [-0.25, -0.2) is 4.79 Å². The molecule has 0 bridgehead atoms. The van der Waals surface area contributed by atoms with E-state index in [1.54, 1.807) is 19.9 Å². The average Bonchev–Trinajstić information content (AvgIpc) is 2.43. The standard InChI is InChI=1S/C14H18N2O4/c1-8(2)12(14(18)19)16-13(17)11-7-15-9-5-3-4-6-10(9)20-11/h3-6,8,11-12,15H,7H2,1-2H3,(H,16,17)(H,18,19)/t11?,12-/m1/s1. The van der Waals surface area contributed by atoms with Crippen LogP contribution in [0.4, 0.5) is 5.69 Å². The summed E-state index contributed by atoms with van der Waals surface area (Å²) < 4.78 is 5.59. The molecule has 0 aliphatic carbocycles. The van der Waals surface area contributed by atoms with Crippen LogP contribution in [-0.4, -0.2) is 35.7 Å². The maximum absolute atomic E-state index is 12.1. The molecule has 0 fully saturated rings. The number of fused-ring (bicyclic) bond motifs is 1. The average molecular weight is 278 g/mol. The molecule has 1 amide bonds. The van der Waals surface area contributed by atoms with E-state index in [1.165, 1.54) is 0 Å². The Labute approximate surface area is 117 Å². The molecule has 6 heteroatoms. The second-order valence-corrected chi connectivity index (χ2v) is 5.05. The second-order valence-electron chi connectivity index (χ2n) is 5.05. The van der Waals surface area contributed by atoms with Gasteiger partial charge in [-0.1, -0.05) is 26.0 Å². The Bertz CT molecular complexity index is 516. The number of amides is 1. The van der Waals surface area contributed by atoms with Gasteiger partial charge in [0.25, 0.3) is 5.91 Å². The van der Waals surface area contributed by atoms with E-state index in [0.29, 0.717) is 12.3 Å². The summed E-state index contributed by atoms with van der Waals surface area (Å²) >= 11 is 0. The molecule has 0 radical (unpaired) electrons. The number of ether oxygens (including phenoxy) is 1. The summed E-state index contributed by atoms with van der Waals surface area (Å²) in [5.41, 5.74) is 0.829. The number of rotatable bonds is 4. The zero-order chi connectivity index (χ0) is 14.7. The molecule has 0 aromatic heterocycles. The van der Waals surface area contributed by atoms with Crippen molar-refractivity contribution in [3.8, 4) is 5.75 Å². The zero-order valence-electron chi connectivity index (χ0n) is 11.4. The van der Waals surface area contributed by atoms with Crippen LogP contribution >= 0.6 is 0 Å². The summed E-state index contributed by atoms with van der Waals surface area (Å²) in [6.07, 6.45) is -0.731. The van der Waals surface area contributed by atoms with Crippen LogP contribution in [0.3, 0.4) is 0 Å². The van der Waals surface area contributed by atoms with Crippen molar-refractivity contribution in [2.45, 2.75) is 26.0 Å². The summed E-state index contributed by atoms with van der Waals surface area (Å²) in [5, 5.41) is 14.7. The molecule has 6 nitrogen and oxygen atoms in total. The summed E-state index contributed by atoms with van der Waals surface area (Å²) in [4.78, 5) is 23.2. The number of aliphatic carboxylic acids is 1. The number of hydrogen-bond acceptors (Lipinski definition) is 4. The van der Waals surface area contributed by atoms with E-state index in [9.17, 15) is 9.59 Å². The topological polar surface area (TPSA) is 87.7 Å². The van der Waals surface area contributed by atoms with Crippen LogP contribution in [0.15, 0.2) is 24.3 Å². The van der Waals surface area contributed by atoms with E-state index in [-0.39, 0.29) is 5.92 Å². The number of carboxylic acid groups (broad SMARTS) is 1. The molecule has 1 aromatic carbocycles. The highest BCUT2D eigenvalue weighted by atomic mass is 16.5. The Balaban J connectivity index is 2.03. The van der Waals surface area contributed by atoms with Crippen molar-refractivity contribution >= 4 is 17.6 Å². The molecule has 1 unspecified atom stereocenters. The van der Waals surface area contributed by atoms with Crippen molar-refractivity contribution in [2.75, 3.05) is 11.9 Å². The minimum Gasteiger partial charge on any atom is -0.480 e. The van der Waals surface area contributed by atoms with Gasteiger partial charge in [-0.05, 0) is 18.1 Å². The fraction of sp³-hybridized carbons (Fsp3) is 0.429. The van der Waals surface area contributed by atoms with Crippen molar-refractivity contribution in [1.82, 2.24) is 5.32 Å². The van der Waals surface area contributed by atoms with Gasteiger partial charge in [0.1, 0.15) is 11.8 Å². The summed E-state index contributed by atoms with van der Waals surface area (Å²) in [6.45, 7) is 3.80. The fourth-order valence-electron chi connectivity index (χ4n) is 2.02. The predicted molar refractivity (Wildman–Crippen MR) is 73.8 cm³/mol. The smallest absolute Gasteiger partial charge is 0.326 e. The van der Waals surface area contributed by atoms with Crippen LogP contribution in [-0.2, 0) is 9.59 Å². The Kier molecular flexibility index (Phi) is 4.12. The van der Waals surface area contributed by atoms with Gasteiger partial charge in [-0.3, -0.25) is 4.79 Å². The Morgan fingerprint density at radius 1 is 1.40 bits per heavy atom. The van der Waals surface area contributed by atoms with Gasteiger partial charge < -0.3 is 20.5 Å². The lowest BCUT2D eigenvalue weighted by atomic mass is 10.0. The van der Waals surface area contributed by atoms with Crippen LogP contribution < -0.4 is 15.4 Å². The number of carbonyl (C=O) groups is 2. The predicted octanol–water partition coefficient (Wildman–Crippen LogP) is 1.08. The van der Waals surface area contributed by atoms with E-state index >= 15 is 0 Å². The van der Waals surface area contributed by atoms with Crippen LogP contribution in [0.5, 0.6) is 5.75 Å². The van der Waals surface area contributed by atoms with Crippen LogP contribution in [0.25, 0.3) is 0 Å². The minimum atomic E-state index is -1.04. The monoisotopic (exact) mass is 278 g/mol. The Morgan fingerprint density at radius 2 is 2.10 bits per heavy atom. The van der Waals surface area contributed by atoms with Crippen molar-refractivity contribution in [3.63, 3.8) is 0 Å². The van der Waals surface area contributed by atoms with Gasteiger partial charge in [0, 0.05) is 0 Å². The SMILES string of the molecule is CC(C)[C@@H](NC(=O)C1CNc2ccccc2O1)C(=O)O. The number of hydrogen-bond donors (Lipinski definition) is 3. The molecule has 0 spiro atoms. The summed E-state index contributed by atoms with van der Waals surface area (Å²) in [7, 11) is 0. The van der Waals surface area contributed by atoms with E-state index in [2.05, 4.69) is 10.6 Å². The highest BCUT2D eigenvalue weighted by Gasteiger charge is 2.30. The van der Waals surface area contributed by atoms with Gasteiger partial charge in [0.15, 0.2) is 6.10 Å². The van der Waals surface area contributed by atoms with Gasteiger partial charge >= 0.3 is 5.97 Å². The normalized spacial score (nSPS) is 18.4. The molecule has 1 aliphatic rings. The van der Waals surface area contributed by atoms with Gasteiger partial charge in [0.2, 0.25) is 0 Å². The molecule has 3 N–H and O–H groups in total. The van der Waals surface area contributed by atoms with Gasteiger partial charge in [-0.15, -0.1) is 0 Å². The third-order valence-corrected chi connectivity index (χ3v) is 3.16. The molecule has 2 atom stereocenters. The molecule has 108 valence electrons. The van der Waals surface area contributed by atoms with Gasteiger partial charge in [0.05, 0.1) is 12.2 Å². The highest BCUT2D eigenvalue weighted by Crippen LogP contribution is 2.28. The number of para-hydroxylation sites is 2. The molecule has 1 heterocycles. The molecule has 20 heavy (non-hydrogen) atoms. The largest absolute Gasteiger partial charge is 0.480 e. The first-order chi connectivity index (χ1) is 9.49. The Morgan fingerprint density at radius 3 is 2.75 bits per heavy atom. The molecule has 0 saturated carbocycles. The van der Waals surface area contributed by atoms with E-state index in [1.807, 2.05) is 18.2 Å². The van der Waals surface area contributed by atoms with Crippen LogP contribution in [0, 0.1) is 5.92 Å². The summed E-state index contributed by atoms with van der Waals surface area (Å²) in [5.74, 6) is -1.07. The quantitative estimate of drug-likeness (QED) is 0.767.